The Hall–Kier alpha value is -3.69. The van der Waals surface area contributed by atoms with E-state index in [4.69, 9.17) is 0 Å². The normalized spacial score (nSPS) is 24.5. The summed E-state index contributed by atoms with van der Waals surface area (Å²) in [7, 11) is 0. The molecule has 0 aromatic carbocycles. The zero-order valence-corrected chi connectivity index (χ0v) is 31.2. The van der Waals surface area contributed by atoms with Gasteiger partial charge in [0.15, 0.2) is 5.78 Å². The first kappa shape index (κ1) is 39.1. The average molecular weight is 691 g/mol. The van der Waals surface area contributed by atoms with Crippen molar-refractivity contribution in [2.75, 3.05) is 6.54 Å². The fourth-order valence-corrected chi connectivity index (χ4v) is 8.10. The topological polar surface area (TPSA) is 132 Å². The molecule has 0 aromatic rings. The van der Waals surface area contributed by atoms with E-state index in [1.165, 1.54) is 12.3 Å². The van der Waals surface area contributed by atoms with Crippen molar-refractivity contribution >= 4 is 29.7 Å². The Bertz CT molecular complexity index is 1350. The van der Waals surface area contributed by atoms with Crippen molar-refractivity contribution in [3.05, 3.63) is 49.0 Å². The number of ketones is 1. The summed E-state index contributed by atoms with van der Waals surface area (Å²) in [5.74, 6) is -0.498. The van der Waals surface area contributed by atoms with E-state index < -0.39 is 29.6 Å². The van der Waals surface area contributed by atoms with Crippen LogP contribution < -0.4 is 21.3 Å². The molecule has 4 fully saturated rings. The van der Waals surface area contributed by atoms with E-state index in [9.17, 15) is 19.2 Å². The molecule has 10 nitrogen and oxygen atoms in total. The van der Waals surface area contributed by atoms with Gasteiger partial charge < -0.3 is 26.2 Å². The maximum atomic E-state index is 14.8. The molecule has 6 atom stereocenters. The molecular weight excluding hydrogens is 628 g/mol. The lowest BCUT2D eigenvalue weighted by atomic mass is 9.81. The number of carbonyl (C=O) groups excluding carboxylic acids is 4. The number of rotatable bonds is 17. The standard InChI is InChI=1S/C40H62N6O4/c1-9-16-32(35(47)26(5)42-29-21-22-29)44-38(49)34-30-20-15-19-28(30)24-46(34)39(50)36(40(6,7)8)43-25(4)33(27-17-13-12-14-18-27)45-37(48)31(11-3)41-23-10-2/h10-11,23,27-30,32-34,36,42-43H,2,4-5,9,12-22,24H2,1,3,6-8H3,(H,44,49)(H,45,48)/b31-11-,41-23-/t28-,30-,32-,33-,34-,36-/m0/s1. The van der Waals surface area contributed by atoms with Crippen LogP contribution in [0.5, 0.6) is 0 Å². The molecule has 3 saturated carbocycles. The number of carbonyl (C=O) groups is 4. The molecule has 0 radical (unpaired) electrons. The summed E-state index contributed by atoms with van der Waals surface area (Å²) >= 11 is 0. The lowest BCUT2D eigenvalue weighted by Gasteiger charge is -2.40. The number of nitrogens with one attached hydrogen (secondary N) is 4. The van der Waals surface area contributed by atoms with Gasteiger partial charge >= 0.3 is 0 Å². The van der Waals surface area contributed by atoms with E-state index in [0.717, 1.165) is 70.6 Å². The Balaban J connectivity index is 1.57. The van der Waals surface area contributed by atoms with Crippen molar-refractivity contribution in [2.45, 2.75) is 142 Å². The number of fused-ring (bicyclic) bond motifs is 1. The van der Waals surface area contributed by atoms with Gasteiger partial charge in [-0.2, -0.15) is 0 Å². The van der Waals surface area contributed by atoms with Crippen LogP contribution in [0.2, 0.25) is 0 Å². The van der Waals surface area contributed by atoms with E-state index in [-0.39, 0.29) is 53.0 Å². The summed E-state index contributed by atoms with van der Waals surface area (Å²) in [5, 5.41) is 13.0. The van der Waals surface area contributed by atoms with Crippen LogP contribution in [0.25, 0.3) is 0 Å². The van der Waals surface area contributed by atoms with Crippen molar-refractivity contribution in [1.82, 2.24) is 26.2 Å². The maximum Gasteiger partial charge on any atom is 0.270 e. The molecule has 4 rings (SSSR count). The molecule has 0 unspecified atom stereocenters. The first-order valence-electron chi connectivity index (χ1n) is 19.0. The number of hydrogen-bond donors (Lipinski definition) is 4. The fraction of sp³-hybridized carbons (Fsp3) is 0.675. The summed E-state index contributed by atoms with van der Waals surface area (Å²) in [6.07, 6.45) is 16.0. The van der Waals surface area contributed by atoms with Crippen LogP contribution in [0, 0.1) is 23.2 Å². The number of nitrogens with zero attached hydrogens (tertiary/aromatic N) is 2. The minimum atomic E-state index is -0.706. The van der Waals surface area contributed by atoms with Crippen LogP contribution in [0.1, 0.15) is 112 Å². The van der Waals surface area contributed by atoms with Crippen LogP contribution in [-0.2, 0) is 19.2 Å². The smallest absolute Gasteiger partial charge is 0.270 e. The molecule has 0 spiro atoms. The number of allylic oxidation sites excluding steroid dienone is 2. The molecule has 4 aliphatic rings. The summed E-state index contributed by atoms with van der Waals surface area (Å²) in [6.45, 7) is 22.3. The van der Waals surface area contributed by atoms with Crippen molar-refractivity contribution in [2.24, 2.45) is 28.2 Å². The fourth-order valence-electron chi connectivity index (χ4n) is 8.10. The molecule has 0 bridgehead atoms. The van der Waals surface area contributed by atoms with Crippen LogP contribution in [0.4, 0.5) is 0 Å². The maximum absolute atomic E-state index is 14.8. The van der Waals surface area contributed by atoms with E-state index >= 15 is 0 Å². The molecule has 1 heterocycles. The van der Waals surface area contributed by atoms with Crippen molar-refractivity contribution < 1.29 is 19.2 Å². The molecule has 4 N–H and O–H groups in total. The third-order valence-corrected chi connectivity index (χ3v) is 11.0. The van der Waals surface area contributed by atoms with Crippen molar-refractivity contribution in [3.63, 3.8) is 0 Å². The number of likely N-dealkylation sites (tertiary alicyclic amines) is 1. The molecule has 0 aromatic heterocycles. The highest BCUT2D eigenvalue weighted by Gasteiger charge is 2.52. The van der Waals surface area contributed by atoms with Gasteiger partial charge in [-0.1, -0.05) is 91.7 Å². The first-order valence-corrected chi connectivity index (χ1v) is 19.0. The summed E-state index contributed by atoms with van der Waals surface area (Å²) < 4.78 is 0. The summed E-state index contributed by atoms with van der Waals surface area (Å²) in [5.41, 5.74) is 0.660. The Kier molecular flexibility index (Phi) is 13.7. The van der Waals surface area contributed by atoms with Crippen molar-refractivity contribution in [3.8, 4) is 0 Å². The van der Waals surface area contributed by atoms with E-state index in [1.54, 1.807) is 17.9 Å². The van der Waals surface area contributed by atoms with Gasteiger partial charge in [0.2, 0.25) is 11.8 Å². The largest absolute Gasteiger partial charge is 0.380 e. The van der Waals surface area contributed by atoms with Crippen LogP contribution in [0.15, 0.2) is 54.0 Å². The van der Waals surface area contributed by atoms with E-state index in [0.29, 0.717) is 24.4 Å². The predicted molar refractivity (Wildman–Crippen MR) is 200 cm³/mol. The number of amides is 3. The zero-order valence-electron chi connectivity index (χ0n) is 31.2. The lowest BCUT2D eigenvalue weighted by molar-refractivity contribution is -0.143. The Morgan fingerprint density at radius 1 is 0.940 bits per heavy atom. The molecule has 3 aliphatic carbocycles. The van der Waals surface area contributed by atoms with E-state index in [2.05, 4.69) is 46.0 Å². The van der Waals surface area contributed by atoms with Crippen LogP contribution in [-0.4, -0.2) is 71.4 Å². The Morgan fingerprint density at radius 2 is 1.64 bits per heavy atom. The number of hydrogen-bond acceptors (Lipinski definition) is 7. The van der Waals surface area contributed by atoms with Crippen LogP contribution in [0.3, 0.4) is 0 Å². The first-order chi connectivity index (χ1) is 23.8. The van der Waals surface area contributed by atoms with Gasteiger partial charge in [0.25, 0.3) is 5.91 Å². The third-order valence-electron chi connectivity index (χ3n) is 11.0. The Morgan fingerprint density at radius 3 is 2.24 bits per heavy atom. The monoisotopic (exact) mass is 690 g/mol. The Labute approximate surface area is 300 Å². The van der Waals surface area contributed by atoms with Gasteiger partial charge in [0, 0.05) is 24.5 Å². The van der Waals surface area contributed by atoms with Gasteiger partial charge in [-0.15, -0.1) is 0 Å². The van der Waals surface area contributed by atoms with Crippen molar-refractivity contribution in [1.29, 1.82) is 0 Å². The zero-order chi connectivity index (χ0) is 36.6. The second-order valence-corrected chi connectivity index (χ2v) is 15.9. The molecule has 3 amide bonds. The minimum Gasteiger partial charge on any atom is -0.380 e. The SMILES string of the molecule is C=C/C=N\C(=C/C)C(=O)N[C@@H](C(=C)N[C@@H](C(=O)N1C[C@@H]2CCC[C@@H]2[C@H]1C(=O)N[C@@H](CCC)C(=O)C(=C)NC1CC1)C(C)(C)C)C1CCCCC1. The van der Waals surface area contributed by atoms with Gasteiger partial charge in [-0.3, -0.25) is 24.2 Å². The molecule has 50 heavy (non-hydrogen) atoms. The molecule has 276 valence electrons. The number of Topliss-reactive ketones (excluding diaryl/α,β-unsaturated/α-hetero) is 1. The highest BCUT2D eigenvalue weighted by Crippen LogP contribution is 2.43. The molecule has 1 aliphatic heterocycles. The minimum absolute atomic E-state index is 0.0394. The highest BCUT2D eigenvalue weighted by atomic mass is 16.2. The van der Waals surface area contributed by atoms with Gasteiger partial charge in [0.05, 0.1) is 17.8 Å². The van der Waals surface area contributed by atoms with Crippen LogP contribution >= 0.6 is 0 Å². The molecule has 10 heteroatoms. The van der Waals surface area contributed by atoms with Gasteiger partial charge in [-0.25, -0.2) is 0 Å². The lowest BCUT2D eigenvalue weighted by Crippen LogP contribution is -2.59. The van der Waals surface area contributed by atoms with E-state index in [1.807, 2.05) is 27.7 Å². The predicted octanol–water partition coefficient (Wildman–Crippen LogP) is 5.48. The second-order valence-electron chi connectivity index (χ2n) is 15.9. The number of aliphatic imine (C=N–C) groups is 1. The molecular formula is C40H62N6O4. The van der Waals surface area contributed by atoms with Gasteiger partial charge in [0.1, 0.15) is 17.8 Å². The average Bonchev–Trinajstić information content (AvgIpc) is 3.65. The third kappa shape index (κ3) is 9.75. The summed E-state index contributed by atoms with van der Waals surface area (Å²) in [6, 6.07) is -2.20. The van der Waals surface area contributed by atoms with Gasteiger partial charge in [-0.05, 0) is 75.0 Å². The summed E-state index contributed by atoms with van der Waals surface area (Å²) in [4.78, 5) is 61.9. The quantitative estimate of drug-likeness (QED) is 0.118. The molecule has 1 saturated heterocycles. The second kappa shape index (κ2) is 17.5. The highest BCUT2D eigenvalue weighted by molar-refractivity contribution is 6.01.